The first-order valence-corrected chi connectivity index (χ1v) is 6.91. The average Bonchev–Trinajstić information content (AvgIpc) is 2.81. The van der Waals surface area contributed by atoms with Gasteiger partial charge in [0.1, 0.15) is 5.82 Å². The van der Waals surface area contributed by atoms with Crippen LogP contribution in [0.1, 0.15) is 25.7 Å². The number of thioether (sulfide) groups is 1. The summed E-state index contributed by atoms with van der Waals surface area (Å²) in [4.78, 5) is 12.2. The molecule has 0 aliphatic heterocycles. The van der Waals surface area contributed by atoms with Crippen LogP contribution in [0.2, 0.25) is 0 Å². The van der Waals surface area contributed by atoms with Gasteiger partial charge in [0, 0.05) is 10.9 Å². The van der Waals surface area contributed by atoms with Crippen molar-refractivity contribution in [1.82, 2.24) is 5.32 Å². The molecule has 1 saturated carbocycles. The van der Waals surface area contributed by atoms with Crippen molar-refractivity contribution in [2.75, 3.05) is 5.75 Å². The Balaban J connectivity index is 1.77. The summed E-state index contributed by atoms with van der Waals surface area (Å²) in [6, 6.07) is 6.88. The number of hydrogen-bond donors (Lipinski definition) is 1. The minimum Gasteiger partial charge on any atom is -0.353 e. The summed E-state index contributed by atoms with van der Waals surface area (Å²) in [6.45, 7) is 0. The molecule has 0 spiro atoms. The lowest BCUT2D eigenvalue weighted by molar-refractivity contribution is -0.119. The monoisotopic (exact) mass is 253 g/mol. The standard InChI is InChI=1S/C13H16FNOS/c14-11-7-3-4-8-12(11)17-9-13(16)15-10-5-1-2-6-10/h3-4,7-8,10H,1-2,5-6,9H2,(H,15,16). The highest BCUT2D eigenvalue weighted by Crippen LogP contribution is 2.21. The van der Waals surface area contributed by atoms with Crippen molar-refractivity contribution < 1.29 is 9.18 Å². The van der Waals surface area contributed by atoms with Crippen molar-refractivity contribution in [3.05, 3.63) is 30.1 Å². The van der Waals surface area contributed by atoms with Gasteiger partial charge >= 0.3 is 0 Å². The molecule has 0 atom stereocenters. The van der Waals surface area contributed by atoms with Gasteiger partial charge in [0.2, 0.25) is 5.91 Å². The molecule has 2 nitrogen and oxygen atoms in total. The van der Waals surface area contributed by atoms with Gasteiger partial charge in [-0.15, -0.1) is 11.8 Å². The molecule has 1 N–H and O–H groups in total. The first-order valence-electron chi connectivity index (χ1n) is 5.92. The second kappa shape index (κ2) is 6.05. The molecule has 0 bridgehead atoms. The van der Waals surface area contributed by atoms with Crippen LogP contribution >= 0.6 is 11.8 Å². The predicted octanol–water partition coefficient (Wildman–Crippen LogP) is 2.98. The van der Waals surface area contributed by atoms with E-state index in [2.05, 4.69) is 5.32 Å². The number of nitrogens with one attached hydrogen (secondary N) is 1. The molecule has 4 heteroatoms. The Morgan fingerprint density at radius 1 is 1.35 bits per heavy atom. The maximum Gasteiger partial charge on any atom is 0.230 e. The molecule has 0 saturated heterocycles. The van der Waals surface area contributed by atoms with Crippen LogP contribution in [0, 0.1) is 5.82 Å². The van der Waals surface area contributed by atoms with Gasteiger partial charge in [-0.3, -0.25) is 4.79 Å². The first kappa shape index (κ1) is 12.4. The van der Waals surface area contributed by atoms with E-state index in [0.29, 0.717) is 10.9 Å². The van der Waals surface area contributed by atoms with Gasteiger partial charge < -0.3 is 5.32 Å². The quantitative estimate of drug-likeness (QED) is 0.836. The van der Waals surface area contributed by atoms with Gasteiger partial charge in [0.15, 0.2) is 0 Å². The third-order valence-electron chi connectivity index (χ3n) is 2.92. The summed E-state index contributed by atoms with van der Waals surface area (Å²) in [7, 11) is 0. The molecule has 0 unspecified atom stereocenters. The van der Waals surface area contributed by atoms with Crippen molar-refractivity contribution in [2.24, 2.45) is 0 Å². The zero-order chi connectivity index (χ0) is 12.1. The minimum atomic E-state index is -0.258. The van der Waals surface area contributed by atoms with Gasteiger partial charge in [-0.05, 0) is 25.0 Å². The van der Waals surface area contributed by atoms with Crippen LogP contribution < -0.4 is 5.32 Å². The maximum absolute atomic E-state index is 13.3. The molecular weight excluding hydrogens is 237 g/mol. The van der Waals surface area contributed by atoms with E-state index >= 15 is 0 Å². The van der Waals surface area contributed by atoms with Gasteiger partial charge in [0.25, 0.3) is 0 Å². The van der Waals surface area contributed by atoms with Crippen LogP contribution in [0.25, 0.3) is 0 Å². The van der Waals surface area contributed by atoms with Crippen molar-refractivity contribution in [3.8, 4) is 0 Å². The Labute approximate surface area is 105 Å². The molecule has 1 aromatic rings. The summed E-state index contributed by atoms with van der Waals surface area (Å²) in [5.41, 5.74) is 0. The molecule has 1 aliphatic rings. The third kappa shape index (κ3) is 3.73. The normalized spacial score (nSPS) is 16.1. The van der Waals surface area contributed by atoms with E-state index < -0.39 is 0 Å². The Morgan fingerprint density at radius 2 is 2.06 bits per heavy atom. The molecule has 2 rings (SSSR count). The fourth-order valence-corrected chi connectivity index (χ4v) is 2.80. The van der Waals surface area contributed by atoms with E-state index in [1.54, 1.807) is 18.2 Å². The topological polar surface area (TPSA) is 29.1 Å². The zero-order valence-electron chi connectivity index (χ0n) is 9.62. The molecule has 1 aliphatic carbocycles. The van der Waals surface area contributed by atoms with E-state index in [1.165, 1.54) is 30.7 Å². The highest BCUT2D eigenvalue weighted by atomic mass is 32.2. The molecule has 17 heavy (non-hydrogen) atoms. The van der Waals surface area contributed by atoms with Crippen LogP contribution in [0.15, 0.2) is 29.2 Å². The summed E-state index contributed by atoms with van der Waals surface area (Å²) in [6.07, 6.45) is 4.56. The lowest BCUT2D eigenvalue weighted by Crippen LogP contribution is -2.33. The Morgan fingerprint density at radius 3 is 2.76 bits per heavy atom. The summed E-state index contributed by atoms with van der Waals surface area (Å²) in [5.74, 6) is 0.0357. The van der Waals surface area contributed by atoms with Gasteiger partial charge in [-0.25, -0.2) is 4.39 Å². The maximum atomic E-state index is 13.3. The molecule has 1 fully saturated rings. The van der Waals surface area contributed by atoms with Crippen LogP contribution in [0.5, 0.6) is 0 Å². The molecule has 0 heterocycles. The fourth-order valence-electron chi connectivity index (χ4n) is 2.04. The number of rotatable bonds is 4. The molecule has 1 aromatic carbocycles. The lowest BCUT2D eigenvalue weighted by Gasteiger charge is -2.11. The van der Waals surface area contributed by atoms with Crippen LogP contribution in [0.3, 0.4) is 0 Å². The van der Waals surface area contributed by atoms with Crippen LogP contribution in [0.4, 0.5) is 4.39 Å². The molecule has 1 amide bonds. The second-order valence-electron chi connectivity index (χ2n) is 4.27. The Hall–Kier alpha value is -1.03. The number of carbonyl (C=O) groups is 1. The Bertz CT molecular complexity index is 391. The Kier molecular flexibility index (Phi) is 4.42. The lowest BCUT2D eigenvalue weighted by atomic mass is 10.2. The number of amides is 1. The molecule has 92 valence electrons. The SMILES string of the molecule is O=C(CSc1ccccc1F)NC1CCCC1. The third-order valence-corrected chi connectivity index (χ3v) is 3.96. The number of carbonyl (C=O) groups excluding carboxylic acids is 1. The number of benzene rings is 1. The van der Waals surface area contributed by atoms with E-state index in [9.17, 15) is 9.18 Å². The zero-order valence-corrected chi connectivity index (χ0v) is 10.4. The average molecular weight is 253 g/mol. The summed E-state index contributed by atoms with van der Waals surface area (Å²) >= 11 is 1.25. The van der Waals surface area contributed by atoms with Crippen LogP contribution in [-0.2, 0) is 4.79 Å². The molecule has 0 aromatic heterocycles. The van der Waals surface area contributed by atoms with Gasteiger partial charge in [-0.2, -0.15) is 0 Å². The highest BCUT2D eigenvalue weighted by Gasteiger charge is 2.17. The van der Waals surface area contributed by atoms with Crippen LogP contribution in [-0.4, -0.2) is 17.7 Å². The predicted molar refractivity (Wildman–Crippen MR) is 67.5 cm³/mol. The smallest absolute Gasteiger partial charge is 0.230 e. The number of halogens is 1. The largest absolute Gasteiger partial charge is 0.353 e. The van der Waals surface area contributed by atoms with Gasteiger partial charge in [0.05, 0.1) is 5.75 Å². The van der Waals surface area contributed by atoms with Crippen molar-refractivity contribution in [1.29, 1.82) is 0 Å². The molecular formula is C13H16FNOS. The number of hydrogen-bond acceptors (Lipinski definition) is 2. The second-order valence-corrected chi connectivity index (χ2v) is 5.29. The first-order chi connectivity index (χ1) is 8.25. The molecule has 0 radical (unpaired) electrons. The minimum absolute atomic E-state index is 0.00477. The van der Waals surface area contributed by atoms with E-state index in [0.717, 1.165) is 12.8 Å². The van der Waals surface area contributed by atoms with Crippen molar-refractivity contribution in [3.63, 3.8) is 0 Å². The van der Waals surface area contributed by atoms with E-state index in [-0.39, 0.29) is 17.5 Å². The fraction of sp³-hybridized carbons (Fsp3) is 0.462. The van der Waals surface area contributed by atoms with Crippen molar-refractivity contribution in [2.45, 2.75) is 36.6 Å². The van der Waals surface area contributed by atoms with Crippen molar-refractivity contribution >= 4 is 17.7 Å². The van der Waals surface area contributed by atoms with Gasteiger partial charge in [-0.1, -0.05) is 25.0 Å². The van der Waals surface area contributed by atoms with E-state index in [4.69, 9.17) is 0 Å². The van der Waals surface area contributed by atoms with E-state index in [1.807, 2.05) is 0 Å². The highest BCUT2D eigenvalue weighted by molar-refractivity contribution is 8.00. The summed E-state index contributed by atoms with van der Waals surface area (Å²) < 4.78 is 13.3. The summed E-state index contributed by atoms with van der Waals surface area (Å²) in [5, 5.41) is 2.99.